The second-order valence-corrected chi connectivity index (χ2v) is 18.6. The number of aliphatic hydroxyl groups excluding tert-OH is 2. The molecule has 0 rings (SSSR count). The average Bonchev–Trinajstić information content (AvgIpc) is 3.28. The first kappa shape index (κ1) is 60.8. The van der Waals surface area contributed by atoms with E-state index in [0.717, 1.165) is 57.8 Å². The number of aliphatic hydroxyl groups is 2. The lowest BCUT2D eigenvalue weighted by Gasteiger charge is -2.22. The minimum absolute atomic E-state index is 0.0248. The number of carbonyl (C=O) groups is 2. The van der Waals surface area contributed by atoms with Crippen LogP contribution in [0, 0.1) is 0 Å². The predicted octanol–water partition coefficient (Wildman–Crippen LogP) is 16.6. The highest BCUT2D eigenvalue weighted by Crippen LogP contribution is 2.16. The number of ether oxygens (including phenoxy) is 1. The van der Waals surface area contributed by atoms with Crippen LogP contribution in [0.3, 0.4) is 0 Å². The summed E-state index contributed by atoms with van der Waals surface area (Å²) in [5.41, 5.74) is 0. The summed E-state index contributed by atoms with van der Waals surface area (Å²) in [5, 5.41) is 23.2. The van der Waals surface area contributed by atoms with Gasteiger partial charge in [0.05, 0.1) is 25.4 Å². The van der Waals surface area contributed by atoms with Crippen LogP contribution in [0.2, 0.25) is 0 Å². The largest absolute Gasteiger partial charge is 0.466 e. The molecule has 0 radical (unpaired) electrons. The van der Waals surface area contributed by atoms with Crippen molar-refractivity contribution >= 4 is 11.9 Å². The third-order valence-corrected chi connectivity index (χ3v) is 12.4. The van der Waals surface area contributed by atoms with Crippen molar-refractivity contribution in [2.24, 2.45) is 0 Å². The number of amides is 1. The molecule has 368 valence electrons. The number of hydrogen-bond donors (Lipinski definition) is 3. The molecule has 0 aliphatic carbocycles. The molecule has 0 aromatic rings. The Balaban J connectivity index is 3.55. The summed E-state index contributed by atoms with van der Waals surface area (Å²) >= 11 is 0. The fourth-order valence-electron chi connectivity index (χ4n) is 8.13. The van der Waals surface area contributed by atoms with Crippen LogP contribution in [0.4, 0.5) is 0 Å². The van der Waals surface area contributed by atoms with Crippen molar-refractivity contribution in [3.63, 3.8) is 0 Å². The highest BCUT2D eigenvalue weighted by molar-refractivity contribution is 5.76. The third-order valence-electron chi connectivity index (χ3n) is 12.4. The molecule has 0 aromatic carbocycles. The van der Waals surface area contributed by atoms with Crippen molar-refractivity contribution in [2.75, 3.05) is 13.2 Å². The van der Waals surface area contributed by atoms with Crippen LogP contribution in [-0.4, -0.2) is 47.4 Å². The predicted molar refractivity (Wildman–Crippen MR) is 273 cm³/mol. The molecular weight excluding hydrogens is 779 g/mol. The Morgan fingerprint density at radius 1 is 0.444 bits per heavy atom. The average molecular weight is 884 g/mol. The molecule has 0 fully saturated rings. The molecule has 0 heterocycles. The molecule has 2 unspecified atom stereocenters. The summed E-state index contributed by atoms with van der Waals surface area (Å²) in [6.45, 7) is 4.87. The Morgan fingerprint density at radius 2 is 0.810 bits per heavy atom. The van der Waals surface area contributed by atoms with E-state index in [2.05, 4.69) is 61.7 Å². The number of hydrogen-bond acceptors (Lipinski definition) is 5. The van der Waals surface area contributed by atoms with E-state index < -0.39 is 12.1 Å². The van der Waals surface area contributed by atoms with Crippen molar-refractivity contribution in [3.05, 3.63) is 48.6 Å². The minimum atomic E-state index is -0.700. The first-order valence-electron chi connectivity index (χ1n) is 27.4. The van der Waals surface area contributed by atoms with Gasteiger partial charge in [-0.05, 0) is 77.0 Å². The van der Waals surface area contributed by atoms with Gasteiger partial charge in [-0.3, -0.25) is 9.59 Å². The Kier molecular flexibility index (Phi) is 50.6. The van der Waals surface area contributed by atoms with E-state index in [9.17, 15) is 19.8 Å². The van der Waals surface area contributed by atoms with Crippen LogP contribution >= 0.6 is 0 Å². The van der Waals surface area contributed by atoms with E-state index >= 15 is 0 Å². The van der Waals surface area contributed by atoms with Crippen molar-refractivity contribution in [1.29, 1.82) is 0 Å². The molecule has 1 amide bonds. The molecule has 0 saturated carbocycles. The van der Waals surface area contributed by atoms with Gasteiger partial charge in [0.25, 0.3) is 0 Å². The fourth-order valence-corrected chi connectivity index (χ4v) is 8.13. The van der Waals surface area contributed by atoms with E-state index in [4.69, 9.17) is 4.74 Å². The van der Waals surface area contributed by atoms with Gasteiger partial charge in [0, 0.05) is 12.8 Å². The van der Waals surface area contributed by atoms with Crippen LogP contribution in [0.1, 0.15) is 277 Å². The Morgan fingerprint density at radius 3 is 1.25 bits per heavy atom. The maximum absolute atomic E-state index is 12.4. The van der Waals surface area contributed by atoms with Crippen molar-refractivity contribution < 1.29 is 24.5 Å². The summed E-state index contributed by atoms with van der Waals surface area (Å²) in [5.74, 6) is -0.141. The molecule has 0 aliphatic rings. The molecule has 0 aliphatic heterocycles. The Labute approximate surface area is 391 Å². The molecule has 6 nitrogen and oxygen atoms in total. The van der Waals surface area contributed by atoms with Crippen LogP contribution in [0.5, 0.6) is 0 Å². The zero-order valence-electron chi connectivity index (χ0n) is 41.8. The SMILES string of the molecule is CCCCCC/C=C\C/C=C\CCCCCCCCCC(=O)OCCCCCCCC/C=C\C/C=C\CCC(=O)NC(CO)C(O)CCCCCCCCCCCCCCCCC. The number of carbonyl (C=O) groups excluding carboxylic acids is 2. The standard InChI is InChI=1S/C57H105NO5/c1-3-5-7-9-11-13-15-17-19-20-21-23-27-31-35-39-43-47-51-57(62)63-52-48-44-40-36-32-28-24-26-30-34-38-42-46-50-56(61)58-54(53-59)55(60)49-45-41-37-33-29-25-22-18-16-14-12-10-8-6-4-2/h13,15,19-20,26,30,38,42,54-55,59-60H,3-12,14,16-18,21-25,27-29,31-37,39-41,43-53H2,1-2H3,(H,58,61)/b15-13-,20-19-,30-26-,42-38-. The Hall–Kier alpha value is -2.18. The van der Waals surface area contributed by atoms with Gasteiger partial charge in [-0.25, -0.2) is 0 Å². The summed E-state index contributed by atoms with van der Waals surface area (Å²) < 4.78 is 5.46. The summed E-state index contributed by atoms with van der Waals surface area (Å²) in [6, 6.07) is -0.586. The highest BCUT2D eigenvalue weighted by atomic mass is 16.5. The Bertz CT molecular complexity index is 1070. The lowest BCUT2D eigenvalue weighted by molar-refractivity contribution is -0.143. The van der Waals surface area contributed by atoms with E-state index in [1.807, 2.05) is 6.08 Å². The lowest BCUT2D eigenvalue weighted by atomic mass is 10.0. The van der Waals surface area contributed by atoms with E-state index in [1.165, 1.54) is 180 Å². The molecule has 63 heavy (non-hydrogen) atoms. The van der Waals surface area contributed by atoms with E-state index in [0.29, 0.717) is 32.3 Å². The maximum Gasteiger partial charge on any atom is 0.305 e. The molecule has 0 bridgehead atoms. The van der Waals surface area contributed by atoms with Crippen LogP contribution < -0.4 is 5.32 Å². The molecule has 0 spiro atoms. The molecule has 2 atom stereocenters. The smallest absolute Gasteiger partial charge is 0.305 e. The molecule has 6 heteroatoms. The van der Waals surface area contributed by atoms with Crippen molar-refractivity contribution in [2.45, 2.75) is 289 Å². The first-order chi connectivity index (χ1) is 31.0. The fraction of sp³-hybridized carbons (Fsp3) is 0.825. The van der Waals surface area contributed by atoms with Gasteiger partial charge >= 0.3 is 5.97 Å². The van der Waals surface area contributed by atoms with Crippen LogP contribution in [0.25, 0.3) is 0 Å². The zero-order valence-corrected chi connectivity index (χ0v) is 41.8. The van der Waals surface area contributed by atoms with Crippen molar-refractivity contribution in [1.82, 2.24) is 5.32 Å². The lowest BCUT2D eigenvalue weighted by Crippen LogP contribution is -2.45. The highest BCUT2D eigenvalue weighted by Gasteiger charge is 2.19. The van der Waals surface area contributed by atoms with Gasteiger partial charge in [0.15, 0.2) is 0 Å². The zero-order chi connectivity index (χ0) is 45.8. The van der Waals surface area contributed by atoms with Gasteiger partial charge < -0.3 is 20.3 Å². The van der Waals surface area contributed by atoms with E-state index in [-0.39, 0.29) is 18.5 Å². The summed E-state index contributed by atoms with van der Waals surface area (Å²) in [6.07, 6.45) is 65.3. The second kappa shape index (κ2) is 52.4. The van der Waals surface area contributed by atoms with Gasteiger partial charge in [-0.15, -0.1) is 0 Å². The van der Waals surface area contributed by atoms with Gasteiger partial charge in [-0.1, -0.05) is 236 Å². The topological polar surface area (TPSA) is 95.9 Å². The number of rotatable bonds is 50. The van der Waals surface area contributed by atoms with Gasteiger partial charge in [0.2, 0.25) is 5.91 Å². The number of unbranched alkanes of at least 4 members (excludes halogenated alkanes) is 31. The molecular formula is C57H105NO5. The first-order valence-corrected chi connectivity index (χ1v) is 27.4. The number of nitrogens with one attached hydrogen (secondary N) is 1. The minimum Gasteiger partial charge on any atom is -0.466 e. The number of esters is 1. The second-order valence-electron chi connectivity index (χ2n) is 18.6. The van der Waals surface area contributed by atoms with Crippen LogP contribution in [0.15, 0.2) is 48.6 Å². The molecule has 0 aromatic heterocycles. The normalized spacial score (nSPS) is 13.0. The van der Waals surface area contributed by atoms with Crippen molar-refractivity contribution in [3.8, 4) is 0 Å². The number of allylic oxidation sites excluding steroid dienone is 8. The monoisotopic (exact) mass is 884 g/mol. The molecule has 0 saturated heterocycles. The van der Waals surface area contributed by atoms with Gasteiger partial charge in [-0.2, -0.15) is 0 Å². The molecule has 3 N–H and O–H groups in total. The van der Waals surface area contributed by atoms with E-state index in [1.54, 1.807) is 0 Å². The van der Waals surface area contributed by atoms with Gasteiger partial charge in [0.1, 0.15) is 0 Å². The quantitative estimate of drug-likeness (QED) is 0.0321. The summed E-state index contributed by atoms with van der Waals surface area (Å²) in [7, 11) is 0. The van der Waals surface area contributed by atoms with Crippen LogP contribution in [-0.2, 0) is 14.3 Å². The third kappa shape index (κ3) is 49.1. The maximum atomic E-state index is 12.4. The summed E-state index contributed by atoms with van der Waals surface area (Å²) in [4.78, 5) is 24.5.